The lowest BCUT2D eigenvalue weighted by Crippen LogP contribution is -2.20. The van der Waals surface area contributed by atoms with Gasteiger partial charge in [-0.15, -0.1) is 0 Å². The van der Waals surface area contributed by atoms with Gasteiger partial charge in [-0.05, 0) is 50.1 Å². The quantitative estimate of drug-likeness (QED) is 0.371. The number of fused-ring (bicyclic) bond motifs is 1. The number of nitrogens with zero attached hydrogens (tertiary/aromatic N) is 2. The Morgan fingerprint density at radius 1 is 1.18 bits per heavy atom. The molecule has 3 aromatic rings. The van der Waals surface area contributed by atoms with Crippen molar-refractivity contribution in [1.82, 2.24) is 4.57 Å². The van der Waals surface area contributed by atoms with Crippen molar-refractivity contribution in [2.75, 3.05) is 25.6 Å². The summed E-state index contributed by atoms with van der Waals surface area (Å²) >= 11 is 0. The molecule has 1 heterocycles. The zero-order valence-corrected chi connectivity index (χ0v) is 19.5. The molecule has 0 saturated carbocycles. The molecule has 176 valence electrons. The maximum Gasteiger partial charge on any atom is 0.357 e. The van der Waals surface area contributed by atoms with Crippen LogP contribution < -0.4 is 10.5 Å². The number of nitrogens with two attached hydrogens (primary N) is 1. The molecule has 0 aliphatic heterocycles. The summed E-state index contributed by atoms with van der Waals surface area (Å²) in [5, 5.41) is 10.7. The fourth-order valence-electron chi connectivity index (χ4n) is 3.94. The molecule has 0 bridgehead atoms. The highest BCUT2D eigenvalue weighted by atomic mass is 16.5. The van der Waals surface area contributed by atoms with E-state index < -0.39 is 11.9 Å². The first-order valence-electron chi connectivity index (χ1n) is 10.9. The van der Waals surface area contributed by atoms with E-state index in [0.29, 0.717) is 34.4 Å². The summed E-state index contributed by atoms with van der Waals surface area (Å²) in [6, 6.07) is 11.4. The van der Waals surface area contributed by atoms with Gasteiger partial charge in [-0.25, -0.2) is 4.79 Å². The van der Waals surface area contributed by atoms with Crippen LogP contribution in [0.25, 0.3) is 22.0 Å². The summed E-state index contributed by atoms with van der Waals surface area (Å²) < 4.78 is 17.3. The van der Waals surface area contributed by atoms with Crippen LogP contribution in [-0.4, -0.2) is 36.3 Å². The molecule has 2 aromatic carbocycles. The van der Waals surface area contributed by atoms with Crippen LogP contribution in [0.3, 0.4) is 0 Å². The lowest BCUT2D eigenvalue weighted by molar-refractivity contribution is -0.143. The number of rotatable bonds is 9. The van der Waals surface area contributed by atoms with Crippen LogP contribution in [0.4, 0.5) is 5.69 Å². The van der Waals surface area contributed by atoms with Crippen LogP contribution in [0.15, 0.2) is 43.0 Å². The fourth-order valence-corrected chi connectivity index (χ4v) is 3.94. The molecule has 0 radical (unpaired) electrons. The Morgan fingerprint density at radius 3 is 2.44 bits per heavy atom. The molecule has 8 nitrogen and oxygen atoms in total. The lowest BCUT2D eigenvalue weighted by atomic mass is 9.93. The van der Waals surface area contributed by atoms with Gasteiger partial charge in [0, 0.05) is 10.9 Å². The van der Waals surface area contributed by atoms with Gasteiger partial charge in [-0.2, -0.15) is 5.26 Å². The van der Waals surface area contributed by atoms with Crippen LogP contribution in [0.1, 0.15) is 35.5 Å². The molecule has 1 aromatic heterocycles. The van der Waals surface area contributed by atoms with E-state index in [0.717, 1.165) is 11.1 Å². The Balaban J connectivity index is 2.30. The second-order valence-electron chi connectivity index (χ2n) is 7.45. The number of esters is 2. The van der Waals surface area contributed by atoms with Crippen molar-refractivity contribution >= 4 is 28.5 Å². The molecule has 0 aliphatic carbocycles. The molecule has 0 unspecified atom stereocenters. The van der Waals surface area contributed by atoms with Crippen molar-refractivity contribution in [3.05, 3.63) is 59.8 Å². The molecule has 0 spiro atoms. The Bertz CT molecular complexity index is 1280. The average molecular weight is 462 g/mol. The van der Waals surface area contributed by atoms with Gasteiger partial charge in [-0.1, -0.05) is 24.8 Å². The summed E-state index contributed by atoms with van der Waals surface area (Å²) in [6.07, 6.45) is 1.66. The minimum atomic E-state index is -0.674. The first kappa shape index (κ1) is 24.4. The summed E-state index contributed by atoms with van der Waals surface area (Å²) in [5.41, 5.74) is 9.44. The molecule has 0 amide bonds. The molecule has 0 saturated heterocycles. The SMILES string of the molecule is C=CCOc1ccc(-c2c(C)cc3c(N)c(C(=O)OCC)n(CC(=O)OCC)c3c2C#N)cc1. The van der Waals surface area contributed by atoms with E-state index in [9.17, 15) is 14.9 Å². The van der Waals surface area contributed by atoms with Gasteiger partial charge in [0.1, 0.15) is 25.0 Å². The van der Waals surface area contributed by atoms with Crippen molar-refractivity contribution in [3.63, 3.8) is 0 Å². The second-order valence-corrected chi connectivity index (χ2v) is 7.45. The number of ether oxygens (including phenoxy) is 3. The number of nitriles is 1. The molecule has 3 rings (SSSR count). The zero-order valence-electron chi connectivity index (χ0n) is 19.5. The maximum absolute atomic E-state index is 12.8. The van der Waals surface area contributed by atoms with Crippen molar-refractivity contribution in [2.24, 2.45) is 0 Å². The lowest BCUT2D eigenvalue weighted by Gasteiger charge is -2.14. The van der Waals surface area contributed by atoms with Crippen molar-refractivity contribution in [2.45, 2.75) is 27.3 Å². The number of benzene rings is 2. The van der Waals surface area contributed by atoms with Crippen molar-refractivity contribution in [3.8, 4) is 22.9 Å². The van der Waals surface area contributed by atoms with Crippen LogP contribution >= 0.6 is 0 Å². The number of carbonyl (C=O) groups excluding carboxylic acids is 2. The Morgan fingerprint density at radius 2 is 1.85 bits per heavy atom. The second kappa shape index (κ2) is 10.6. The minimum absolute atomic E-state index is 0.0196. The molecule has 0 aliphatic rings. The number of nitrogen functional groups attached to an aromatic ring is 1. The third-order valence-corrected chi connectivity index (χ3v) is 5.27. The molecular weight excluding hydrogens is 434 g/mol. The van der Waals surface area contributed by atoms with E-state index in [2.05, 4.69) is 12.6 Å². The predicted octanol–water partition coefficient (Wildman–Crippen LogP) is 4.38. The van der Waals surface area contributed by atoms with Crippen LogP contribution in [-0.2, 0) is 20.8 Å². The van der Waals surface area contributed by atoms with Gasteiger partial charge in [0.25, 0.3) is 0 Å². The van der Waals surface area contributed by atoms with Crippen LogP contribution in [0, 0.1) is 18.3 Å². The molecule has 34 heavy (non-hydrogen) atoms. The van der Waals surface area contributed by atoms with E-state index in [1.165, 1.54) is 4.57 Å². The van der Waals surface area contributed by atoms with E-state index in [-0.39, 0.29) is 31.1 Å². The largest absolute Gasteiger partial charge is 0.490 e. The zero-order chi connectivity index (χ0) is 24.8. The monoisotopic (exact) mass is 461 g/mol. The first-order valence-corrected chi connectivity index (χ1v) is 10.9. The summed E-state index contributed by atoms with van der Waals surface area (Å²) in [4.78, 5) is 25.2. The van der Waals surface area contributed by atoms with E-state index >= 15 is 0 Å². The smallest absolute Gasteiger partial charge is 0.357 e. The van der Waals surface area contributed by atoms with E-state index in [4.69, 9.17) is 19.9 Å². The van der Waals surface area contributed by atoms with E-state index in [1.54, 1.807) is 32.1 Å². The van der Waals surface area contributed by atoms with Crippen molar-refractivity contribution < 1.29 is 23.8 Å². The number of aromatic nitrogens is 1. The Labute approximate surface area is 198 Å². The van der Waals surface area contributed by atoms with Gasteiger partial charge in [-0.3, -0.25) is 4.79 Å². The maximum atomic E-state index is 12.8. The van der Waals surface area contributed by atoms with Gasteiger partial charge in [0.2, 0.25) is 0 Å². The summed E-state index contributed by atoms with van der Waals surface area (Å²) in [7, 11) is 0. The standard InChI is InChI=1S/C26H27N3O5/c1-5-12-34-18-10-8-17(9-11-18)22-16(4)13-19-23(28)25(26(31)33-7-3)29(15-21(30)32-6-2)24(19)20(22)14-27/h5,8-11,13H,1,6-7,12,15,28H2,2-4H3. The average Bonchev–Trinajstić information content (AvgIpc) is 3.08. The first-order chi connectivity index (χ1) is 16.4. The molecule has 0 fully saturated rings. The number of carbonyl (C=O) groups is 2. The summed E-state index contributed by atoms with van der Waals surface area (Å²) in [6.45, 7) is 9.27. The number of anilines is 1. The number of hydrogen-bond donors (Lipinski definition) is 1. The summed E-state index contributed by atoms with van der Waals surface area (Å²) in [5.74, 6) is -0.563. The van der Waals surface area contributed by atoms with Crippen LogP contribution in [0.5, 0.6) is 5.75 Å². The molecule has 8 heteroatoms. The molecule has 2 N–H and O–H groups in total. The number of aryl methyl sites for hydroxylation is 1. The van der Waals surface area contributed by atoms with Crippen LogP contribution in [0.2, 0.25) is 0 Å². The molecule has 0 atom stereocenters. The topological polar surface area (TPSA) is 117 Å². The fraction of sp³-hybridized carbons (Fsp3) is 0.269. The predicted molar refractivity (Wildman–Crippen MR) is 130 cm³/mol. The van der Waals surface area contributed by atoms with Crippen molar-refractivity contribution in [1.29, 1.82) is 5.26 Å². The Hall–Kier alpha value is -4.25. The highest BCUT2D eigenvalue weighted by molar-refractivity contribution is 6.10. The number of hydrogen-bond acceptors (Lipinski definition) is 7. The third kappa shape index (κ3) is 4.59. The Kier molecular flexibility index (Phi) is 7.59. The third-order valence-electron chi connectivity index (χ3n) is 5.27. The highest BCUT2D eigenvalue weighted by Crippen LogP contribution is 2.39. The molecular formula is C26H27N3O5. The van der Waals surface area contributed by atoms with Gasteiger partial charge >= 0.3 is 11.9 Å². The highest BCUT2D eigenvalue weighted by Gasteiger charge is 2.28. The normalized spacial score (nSPS) is 10.5. The van der Waals surface area contributed by atoms with Gasteiger partial charge in [0.05, 0.1) is 30.0 Å². The van der Waals surface area contributed by atoms with Gasteiger partial charge in [0.15, 0.2) is 5.69 Å². The van der Waals surface area contributed by atoms with Gasteiger partial charge < -0.3 is 24.5 Å². The minimum Gasteiger partial charge on any atom is -0.490 e. The van der Waals surface area contributed by atoms with E-state index in [1.807, 2.05) is 25.1 Å².